The van der Waals surface area contributed by atoms with Crippen LogP contribution in [0.1, 0.15) is 93.3 Å². The topological polar surface area (TPSA) is 150 Å². The van der Waals surface area contributed by atoms with Crippen LogP contribution >= 0.6 is 0 Å². The number of phenols is 1. The Morgan fingerprint density at radius 2 is 1.79 bits per heavy atom. The molecule has 3 aromatic rings. The van der Waals surface area contributed by atoms with E-state index in [0.717, 1.165) is 68.8 Å². The molecule has 4 aliphatic rings. The second-order valence-electron chi connectivity index (χ2n) is 15.1. The van der Waals surface area contributed by atoms with Crippen molar-refractivity contribution in [3.8, 4) is 5.75 Å². The molecule has 11 nitrogen and oxygen atoms in total. The number of nitrogens with zero attached hydrogens (tertiary/aromatic N) is 5. The number of aromatic amines is 1. The quantitative estimate of drug-likeness (QED) is 0.293. The Labute approximate surface area is 277 Å². The normalized spacial score (nSPS) is 22.1. The number of hydrogen-bond donors (Lipinski definition) is 4. The van der Waals surface area contributed by atoms with E-state index in [1.807, 2.05) is 50.2 Å². The number of carbonyl (C=O) groups is 1. The number of fused-ring (bicyclic) bond motifs is 1. The van der Waals surface area contributed by atoms with Gasteiger partial charge in [-0.2, -0.15) is 0 Å². The van der Waals surface area contributed by atoms with Gasteiger partial charge >= 0.3 is 6.09 Å². The number of nitrogen functional groups attached to an aromatic ring is 1. The molecule has 1 aromatic carbocycles. The third-order valence-electron chi connectivity index (χ3n) is 10.7. The summed E-state index contributed by atoms with van der Waals surface area (Å²) in [6.07, 6.45) is 11.1. The van der Waals surface area contributed by atoms with Gasteiger partial charge in [-0.1, -0.05) is 12.1 Å². The number of nitrogens with one attached hydrogen (secondary N) is 1. The SMILES string of the molecule is CC1c2c([nH]c(N)c2/C=C(\N)c2ccccc2O)CCN1c1ncc(C2CCN(C3CC4(C3)CN(C(=O)OC(C)(C)C)C4)CC2)cn1. The largest absolute Gasteiger partial charge is 0.507 e. The highest BCUT2D eigenvalue weighted by molar-refractivity contribution is 5.86. The number of ether oxygens (including phenoxy) is 1. The number of H-pyrrole nitrogens is 1. The van der Waals surface area contributed by atoms with Gasteiger partial charge in [0.25, 0.3) is 0 Å². The Bertz CT molecular complexity index is 1650. The number of hydrogen-bond acceptors (Lipinski definition) is 9. The summed E-state index contributed by atoms with van der Waals surface area (Å²) < 4.78 is 5.54. The van der Waals surface area contributed by atoms with Gasteiger partial charge in [0.1, 0.15) is 17.2 Å². The monoisotopic (exact) mass is 640 g/mol. The first kappa shape index (κ1) is 31.4. The fraction of sp³-hybridized carbons (Fsp3) is 0.528. The molecule has 1 atom stereocenters. The number of carbonyl (C=O) groups excluding carboxylic acids is 1. The molecule has 3 fully saturated rings. The van der Waals surface area contributed by atoms with Crippen LogP contribution in [0, 0.1) is 5.41 Å². The highest BCUT2D eigenvalue weighted by atomic mass is 16.6. The summed E-state index contributed by atoms with van der Waals surface area (Å²) in [4.78, 5) is 32.2. The van der Waals surface area contributed by atoms with Crippen LogP contribution in [0.5, 0.6) is 5.75 Å². The Balaban J connectivity index is 0.943. The van der Waals surface area contributed by atoms with Gasteiger partial charge in [0.15, 0.2) is 0 Å². The van der Waals surface area contributed by atoms with Gasteiger partial charge in [0, 0.05) is 78.0 Å². The predicted molar refractivity (Wildman–Crippen MR) is 184 cm³/mol. The maximum atomic E-state index is 12.4. The van der Waals surface area contributed by atoms with Crippen molar-refractivity contribution < 1.29 is 14.6 Å². The highest BCUT2D eigenvalue weighted by Crippen LogP contribution is 2.51. The number of rotatable bonds is 5. The summed E-state index contributed by atoms with van der Waals surface area (Å²) in [5.74, 6) is 1.88. The van der Waals surface area contributed by atoms with Gasteiger partial charge < -0.3 is 41.0 Å². The lowest BCUT2D eigenvalue weighted by Gasteiger charge is -2.61. The van der Waals surface area contributed by atoms with Crippen LogP contribution in [0.25, 0.3) is 11.8 Å². The molecule has 5 heterocycles. The molecule has 2 aromatic heterocycles. The Kier molecular flexibility index (Phi) is 7.85. The van der Waals surface area contributed by atoms with Crippen LogP contribution in [0.4, 0.5) is 16.6 Å². The van der Waals surface area contributed by atoms with Gasteiger partial charge in [-0.3, -0.25) is 0 Å². The zero-order chi connectivity index (χ0) is 33.1. The fourth-order valence-corrected chi connectivity index (χ4v) is 8.20. The van der Waals surface area contributed by atoms with E-state index in [1.54, 1.807) is 18.2 Å². The van der Waals surface area contributed by atoms with E-state index in [4.69, 9.17) is 26.2 Å². The van der Waals surface area contributed by atoms with Crippen molar-refractivity contribution in [2.24, 2.45) is 11.1 Å². The van der Waals surface area contributed by atoms with Crippen molar-refractivity contribution in [3.05, 3.63) is 64.6 Å². The predicted octanol–water partition coefficient (Wildman–Crippen LogP) is 5.25. The second kappa shape index (κ2) is 11.8. The average molecular weight is 641 g/mol. The number of aromatic hydroxyl groups is 1. The molecule has 0 radical (unpaired) electrons. The molecule has 1 spiro atoms. The number of piperidine rings is 1. The van der Waals surface area contributed by atoms with Crippen molar-refractivity contribution in [2.45, 2.75) is 83.4 Å². The Morgan fingerprint density at radius 1 is 1.11 bits per heavy atom. The number of aromatic nitrogens is 3. The smallest absolute Gasteiger partial charge is 0.410 e. The number of nitrogens with two attached hydrogens (primary N) is 2. The molecule has 2 saturated heterocycles. The minimum Gasteiger partial charge on any atom is -0.507 e. The first-order chi connectivity index (χ1) is 22.4. The molecule has 3 aliphatic heterocycles. The molecule has 47 heavy (non-hydrogen) atoms. The molecular weight excluding hydrogens is 592 g/mol. The van der Waals surface area contributed by atoms with Crippen LogP contribution in [0.3, 0.4) is 0 Å². The van der Waals surface area contributed by atoms with Crippen molar-refractivity contribution in [1.29, 1.82) is 0 Å². The minimum atomic E-state index is -0.446. The van der Waals surface area contributed by atoms with Gasteiger partial charge in [0.05, 0.1) is 6.04 Å². The first-order valence-electron chi connectivity index (χ1n) is 17.0. The summed E-state index contributed by atoms with van der Waals surface area (Å²) in [6.45, 7) is 12.5. The van der Waals surface area contributed by atoms with Crippen molar-refractivity contribution in [3.63, 3.8) is 0 Å². The van der Waals surface area contributed by atoms with Gasteiger partial charge in [-0.15, -0.1) is 0 Å². The molecular formula is C36H48N8O3. The van der Waals surface area contributed by atoms with Gasteiger partial charge in [-0.05, 0) is 96.2 Å². The Hall–Kier alpha value is -4.25. The lowest BCUT2D eigenvalue weighted by molar-refractivity contribution is -0.110. The molecule has 1 aliphatic carbocycles. The maximum absolute atomic E-state index is 12.4. The molecule has 11 heteroatoms. The van der Waals surface area contributed by atoms with Crippen LogP contribution in [-0.2, 0) is 11.2 Å². The summed E-state index contributed by atoms with van der Waals surface area (Å²) >= 11 is 0. The summed E-state index contributed by atoms with van der Waals surface area (Å²) in [5.41, 5.74) is 18.0. The summed E-state index contributed by atoms with van der Waals surface area (Å²) in [7, 11) is 0. The summed E-state index contributed by atoms with van der Waals surface area (Å²) in [6, 6.07) is 7.66. The van der Waals surface area contributed by atoms with Crippen LogP contribution in [0.2, 0.25) is 0 Å². The standard InChI is InChI=1S/C36H48N8O3/c1-22-31-27(15-28(37)26-7-5-6-8-30(26)45)32(38)41-29(31)11-14-44(22)33-39-18-24(19-40-33)23-9-12-42(13-10-23)25-16-36(17-25)20-43(21-36)34(46)47-35(2,3)4/h5-8,15,18-19,22-23,25,41,45H,9-14,16-17,20-21,37-38H2,1-4H3/b28-15-. The van der Waals surface area contributed by atoms with E-state index >= 15 is 0 Å². The van der Waals surface area contributed by atoms with E-state index in [2.05, 4.69) is 21.7 Å². The lowest BCUT2D eigenvalue weighted by Crippen LogP contribution is -2.68. The molecule has 0 bridgehead atoms. The minimum absolute atomic E-state index is 0.0116. The zero-order valence-electron chi connectivity index (χ0n) is 28.0. The third kappa shape index (κ3) is 6.01. The van der Waals surface area contributed by atoms with E-state index in [0.29, 0.717) is 40.4 Å². The number of likely N-dealkylation sites (tertiary alicyclic amines) is 2. The van der Waals surface area contributed by atoms with Gasteiger partial charge in [0.2, 0.25) is 5.95 Å². The molecule has 1 amide bonds. The number of para-hydroxylation sites is 1. The maximum Gasteiger partial charge on any atom is 0.410 e. The van der Waals surface area contributed by atoms with Crippen LogP contribution < -0.4 is 16.4 Å². The Morgan fingerprint density at radius 3 is 2.45 bits per heavy atom. The van der Waals surface area contributed by atoms with Crippen molar-refractivity contribution in [2.75, 3.05) is 43.4 Å². The van der Waals surface area contributed by atoms with Crippen molar-refractivity contribution >= 4 is 29.6 Å². The lowest BCUT2D eigenvalue weighted by atomic mass is 9.60. The summed E-state index contributed by atoms with van der Waals surface area (Å²) in [5, 5.41) is 10.3. The van der Waals surface area contributed by atoms with E-state index in [9.17, 15) is 9.90 Å². The average Bonchev–Trinajstić information content (AvgIpc) is 3.31. The fourth-order valence-electron chi connectivity index (χ4n) is 8.20. The molecule has 250 valence electrons. The van der Waals surface area contributed by atoms with E-state index < -0.39 is 5.60 Å². The molecule has 1 unspecified atom stereocenters. The number of amides is 1. The molecule has 7 rings (SSSR count). The van der Waals surface area contributed by atoms with Crippen molar-refractivity contribution in [1.82, 2.24) is 24.8 Å². The number of phenolic OH excluding ortho intramolecular Hbond substituents is 1. The molecule has 6 N–H and O–H groups in total. The third-order valence-corrected chi connectivity index (χ3v) is 10.7. The number of anilines is 2. The van der Waals surface area contributed by atoms with E-state index in [1.165, 1.54) is 18.4 Å². The first-order valence-corrected chi connectivity index (χ1v) is 17.0. The van der Waals surface area contributed by atoms with Gasteiger partial charge in [-0.25, -0.2) is 14.8 Å². The zero-order valence-corrected chi connectivity index (χ0v) is 28.0. The van der Waals surface area contributed by atoms with Crippen LogP contribution in [0.15, 0.2) is 36.7 Å². The van der Waals surface area contributed by atoms with E-state index in [-0.39, 0.29) is 17.9 Å². The molecule has 1 saturated carbocycles. The van der Waals surface area contributed by atoms with Crippen LogP contribution in [-0.4, -0.2) is 80.3 Å². The highest BCUT2D eigenvalue weighted by Gasteiger charge is 2.55. The number of benzene rings is 1. The second-order valence-corrected chi connectivity index (χ2v) is 15.1.